The van der Waals surface area contributed by atoms with Crippen molar-refractivity contribution in [2.75, 3.05) is 26.2 Å². The van der Waals surface area contributed by atoms with Gasteiger partial charge in [0.15, 0.2) is 12.4 Å². The lowest BCUT2D eigenvalue weighted by atomic mass is 9.98. The van der Waals surface area contributed by atoms with E-state index in [-0.39, 0.29) is 18.1 Å². The Bertz CT molecular complexity index is 1070. The summed E-state index contributed by atoms with van der Waals surface area (Å²) in [6.07, 6.45) is 2.72. The summed E-state index contributed by atoms with van der Waals surface area (Å²) < 4.78 is 8.39. The number of amides is 1. The van der Waals surface area contributed by atoms with Crippen molar-refractivity contribution in [3.05, 3.63) is 62.8 Å². The van der Waals surface area contributed by atoms with Gasteiger partial charge in [-0.15, -0.1) is 11.3 Å². The molecule has 1 aliphatic heterocycles. The van der Waals surface area contributed by atoms with E-state index in [4.69, 9.17) is 9.72 Å². The highest BCUT2D eigenvalue weighted by atomic mass is 79.9. The molecule has 4 rings (SSSR count). The molecular weight excluding hydrogens is 502 g/mol. The molecule has 0 N–H and O–H groups in total. The smallest absolute Gasteiger partial charge is 0.274 e. The molecule has 1 saturated heterocycles. The van der Waals surface area contributed by atoms with Crippen molar-refractivity contribution in [1.82, 2.24) is 24.6 Å². The van der Waals surface area contributed by atoms with Gasteiger partial charge in [-0.2, -0.15) is 5.10 Å². The van der Waals surface area contributed by atoms with E-state index >= 15 is 0 Å². The fourth-order valence-corrected chi connectivity index (χ4v) is 4.83. The van der Waals surface area contributed by atoms with E-state index in [1.807, 2.05) is 29.2 Å². The molecule has 0 spiro atoms. The van der Waals surface area contributed by atoms with Gasteiger partial charge in [0.2, 0.25) is 0 Å². The van der Waals surface area contributed by atoms with E-state index in [9.17, 15) is 4.79 Å². The number of nitrogens with zero attached hydrogens (tertiary/aromatic N) is 5. The lowest BCUT2D eigenvalue weighted by Crippen LogP contribution is -2.35. The minimum atomic E-state index is -0.0251. The summed E-state index contributed by atoms with van der Waals surface area (Å²) in [5, 5.41) is 7.76. The summed E-state index contributed by atoms with van der Waals surface area (Å²) in [5.41, 5.74) is 1.66. The first kappa shape index (κ1) is 23.9. The standard InChI is InChI=1S/C24H30BrN5O2S/c1-24(2,3)23-26-19(16-33-23)15-28-10-4-11-29(14-13-28)22(31)21-9-12-30(27-21)17-32-20-7-5-18(25)6-8-20/h5-9,12,16H,4,10-11,13-15,17H2,1-3H3. The van der Waals surface area contributed by atoms with Crippen molar-refractivity contribution >= 4 is 33.2 Å². The van der Waals surface area contributed by atoms with E-state index in [0.717, 1.165) is 48.5 Å². The summed E-state index contributed by atoms with van der Waals surface area (Å²) in [6.45, 7) is 10.9. The van der Waals surface area contributed by atoms with Crippen LogP contribution in [0.2, 0.25) is 0 Å². The lowest BCUT2D eigenvalue weighted by Gasteiger charge is -2.21. The predicted octanol–water partition coefficient (Wildman–Crippen LogP) is 4.78. The second-order valence-electron chi connectivity index (χ2n) is 9.28. The third-order valence-corrected chi connectivity index (χ3v) is 7.34. The van der Waals surface area contributed by atoms with Crippen LogP contribution < -0.4 is 4.74 Å². The summed E-state index contributed by atoms with van der Waals surface area (Å²) in [6, 6.07) is 9.39. The number of carbonyl (C=O) groups excluding carboxylic acids is 1. The molecule has 1 amide bonds. The van der Waals surface area contributed by atoms with Crippen LogP contribution in [0.5, 0.6) is 5.75 Å². The first-order valence-corrected chi connectivity index (χ1v) is 12.8. The molecule has 1 aliphatic rings. The molecule has 0 radical (unpaired) electrons. The molecule has 7 nitrogen and oxygen atoms in total. The molecule has 1 fully saturated rings. The van der Waals surface area contributed by atoms with Gasteiger partial charge >= 0.3 is 0 Å². The molecule has 3 heterocycles. The first-order chi connectivity index (χ1) is 15.8. The number of thiazole rings is 1. The summed E-state index contributed by atoms with van der Waals surface area (Å²) in [5.74, 6) is 0.729. The van der Waals surface area contributed by atoms with E-state index in [2.05, 4.69) is 52.1 Å². The molecule has 0 saturated carbocycles. The number of carbonyl (C=O) groups is 1. The molecular formula is C24H30BrN5O2S. The topological polar surface area (TPSA) is 63.5 Å². The first-order valence-electron chi connectivity index (χ1n) is 11.2. The largest absolute Gasteiger partial charge is 0.471 e. The van der Waals surface area contributed by atoms with Crippen LogP contribution in [0.25, 0.3) is 0 Å². The molecule has 3 aromatic rings. The molecule has 0 bridgehead atoms. The fraction of sp³-hybridized carbons (Fsp3) is 0.458. The van der Waals surface area contributed by atoms with E-state index in [0.29, 0.717) is 12.2 Å². The van der Waals surface area contributed by atoms with E-state index < -0.39 is 0 Å². The SMILES string of the molecule is CC(C)(C)c1nc(CN2CCCN(C(=O)c3ccn(COc4ccc(Br)cc4)n3)CC2)cs1. The second kappa shape index (κ2) is 10.4. The minimum Gasteiger partial charge on any atom is -0.471 e. The number of ether oxygens (including phenoxy) is 1. The Morgan fingerprint density at radius 2 is 1.91 bits per heavy atom. The fourth-order valence-electron chi connectivity index (χ4n) is 3.67. The van der Waals surface area contributed by atoms with Crippen molar-refractivity contribution in [3.8, 4) is 5.75 Å². The molecule has 0 aliphatic carbocycles. The van der Waals surface area contributed by atoms with Crippen LogP contribution in [-0.4, -0.2) is 56.7 Å². The van der Waals surface area contributed by atoms with Crippen LogP contribution in [-0.2, 0) is 18.7 Å². The van der Waals surface area contributed by atoms with E-state index in [1.165, 1.54) is 5.01 Å². The Labute approximate surface area is 207 Å². The van der Waals surface area contributed by atoms with Crippen LogP contribution in [0.4, 0.5) is 0 Å². The molecule has 176 valence electrons. The van der Waals surface area contributed by atoms with Gasteiger partial charge in [0, 0.05) is 54.2 Å². The number of benzene rings is 1. The van der Waals surface area contributed by atoms with Gasteiger partial charge in [0.25, 0.3) is 5.91 Å². The van der Waals surface area contributed by atoms with E-state index in [1.54, 1.807) is 28.3 Å². The molecule has 1 aromatic carbocycles. The van der Waals surface area contributed by atoms with Gasteiger partial charge in [0.05, 0.1) is 10.7 Å². The van der Waals surface area contributed by atoms with Crippen LogP contribution in [0.1, 0.15) is 48.4 Å². The molecule has 0 unspecified atom stereocenters. The second-order valence-corrected chi connectivity index (χ2v) is 11.1. The molecule has 33 heavy (non-hydrogen) atoms. The van der Waals surface area contributed by atoms with Gasteiger partial charge in [0.1, 0.15) is 5.75 Å². The van der Waals surface area contributed by atoms with Gasteiger partial charge < -0.3 is 9.64 Å². The normalized spacial score (nSPS) is 15.5. The molecule has 0 atom stereocenters. The quantitative estimate of drug-likeness (QED) is 0.457. The van der Waals surface area contributed by atoms with Gasteiger partial charge in [-0.3, -0.25) is 9.69 Å². The monoisotopic (exact) mass is 531 g/mol. The van der Waals surface area contributed by atoms with Crippen molar-refractivity contribution < 1.29 is 9.53 Å². The lowest BCUT2D eigenvalue weighted by molar-refractivity contribution is 0.0753. The van der Waals surface area contributed by atoms with Crippen LogP contribution in [0.3, 0.4) is 0 Å². The van der Waals surface area contributed by atoms with Crippen LogP contribution in [0, 0.1) is 0 Å². The summed E-state index contributed by atoms with van der Waals surface area (Å²) >= 11 is 5.14. The molecule has 2 aromatic heterocycles. The van der Waals surface area contributed by atoms with Gasteiger partial charge in [-0.1, -0.05) is 36.7 Å². The third-order valence-electron chi connectivity index (χ3n) is 5.49. The molecule has 9 heteroatoms. The van der Waals surface area contributed by atoms with Crippen LogP contribution in [0.15, 0.2) is 46.4 Å². The Kier molecular flexibility index (Phi) is 7.51. The number of halogens is 1. The Morgan fingerprint density at radius 3 is 2.64 bits per heavy atom. The zero-order valence-electron chi connectivity index (χ0n) is 19.3. The average Bonchev–Trinajstić information content (AvgIpc) is 3.39. The average molecular weight is 533 g/mol. The van der Waals surface area contributed by atoms with Crippen molar-refractivity contribution in [2.45, 2.75) is 45.9 Å². The summed E-state index contributed by atoms with van der Waals surface area (Å²) in [7, 11) is 0. The van der Waals surface area contributed by atoms with Crippen LogP contribution >= 0.6 is 27.3 Å². The number of hydrogen-bond donors (Lipinski definition) is 0. The number of aromatic nitrogens is 3. The van der Waals surface area contributed by atoms with Crippen molar-refractivity contribution in [1.29, 1.82) is 0 Å². The Morgan fingerprint density at radius 1 is 1.12 bits per heavy atom. The Balaban J connectivity index is 1.29. The third kappa shape index (κ3) is 6.43. The maximum atomic E-state index is 13.0. The minimum absolute atomic E-state index is 0.0251. The van der Waals surface area contributed by atoms with Gasteiger partial charge in [-0.25, -0.2) is 9.67 Å². The number of rotatable bonds is 6. The highest BCUT2D eigenvalue weighted by Gasteiger charge is 2.23. The zero-order valence-corrected chi connectivity index (χ0v) is 21.7. The zero-order chi connectivity index (χ0) is 23.4. The predicted molar refractivity (Wildman–Crippen MR) is 134 cm³/mol. The maximum Gasteiger partial charge on any atom is 0.274 e. The number of hydrogen-bond acceptors (Lipinski definition) is 6. The van der Waals surface area contributed by atoms with Crippen molar-refractivity contribution in [2.24, 2.45) is 0 Å². The summed E-state index contributed by atoms with van der Waals surface area (Å²) in [4.78, 5) is 22.1. The van der Waals surface area contributed by atoms with Crippen molar-refractivity contribution in [3.63, 3.8) is 0 Å². The maximum absolute atomic E-state index is 13.0. The highest BCUT2D eigenvalue weighted by molar-refractivity contribution is 9.10. The Hall–Kier alpha value is -2.23. The van der Waals surface area contributed by atoms with Gasteiger partial charge in [-0.05, 0) is 36.8 Å². The highest BCUT2D eigenvalue weighted by Crippen LogP contribution is 2.26.